The smallest absolute Gasteiger partial charge is 0.243 e. The van der Waals surface area contributed by atoms with E-state index in [-0.39, 0.29) is 42.5 Å². The summed E-state index contributed by atoms with van der Waals surface area (Å²) in [5.41, 5.74) is 1.54. The van der Waals surface area contributed by atoms with E-state index in [1.54, 1.807) is 33.4 Å². The summed E-state index contributed by atoms with van der Waals surface area (Å²) in [5, 5.41) is 9.03. The molecule has 1 saturated heterocycles. The molecule has 1 fully saturated rings. The first-order chi connectivity index (χ1) is 15.5. The van der Waals surface area contributed by atoms with Gasteiger partial charge >= 0.3 is 0 Å². The third-order valence-electron chi connectivity index (χ3n) is 5.18. The van der Waals surface area contributed by atoms with Crippen LogP contribution in [-0.4, -0.2) is 63.7 Å². The van der Waals surface area contributed by atoms with Gasteiger partial charge in [-0.15, -0.1) is 24.0 Å². The van der Waals surface area contributed by atoms with Crippen molar-refractivity contribution < 1.29 is 18.7 Å². The van der Waals surface area contributed by atoms with Gasteiger partial charge in [0.1, 0.15) is 17.3 Å². The van der Waals surface area contributed by atoms with Gasteiger partial charge in [-0.1, -0.05) is 6.07 Å². The molecule has 0 radical (unpaired) electrons. The molecule has 1 atom stereocenters. The Kier molecular flexibility index (Phi) is 10.7. The molecule has 3 N–H and O–H groups in total. The lowest BCUT2D eigenvalue weighted by molar-refractivity contribution is -0.115. The number of carbonyl (C=O) groups is 1. The van der Waals surface area contributed by atoms with Gasteiger partial charge in [0.25, 0.3) is 0 Å². The largest absolute Gasteiger partial charge is 0.497 e. The monoisotopic (exact) mass is 571 g/mol. The van der Waals surface area contributed by atoms with Gasteiger partial charge in [-0.25, -0.2) is 4.39 Å². The van der Waals surface area contributed by atoms with E-state index in [4.69, 9.17) is 9.47 Å². The molecule has 33 heavy (non-hydrogen) atoms. The highest BCUT2D eigenvalue weighted by Crippen LogP contribution is 2.24. The number of hydrogen-bond donors (Lipinski definition) is 3. The molecule has 0 aromatic heterocycles. The molecule has 0 aliphatic carbocycles. The molecule has 0 spiro atoms. The van der Waals surface area contributed by atoms with Crippen LogP contribution < -0.4 is 25.4 Å². The average molecular weight is 571 g/mol. The number of amides is 1. The van der Waals surface area contributed by atoms with Crippen LogP contribution in [0.5, 0.6) is 11.5 Å². The zero-order chi connectivity index (χ0) is 22.9. The van der Waals surface area contributed by atoms with Gasteiger partial charge in [0.2, 0.25) is 5.91 Å². The predicted octanol–water partition coefficient (Wildman–Crippen LogP) is 2.84. The first-order valence-electron chi connectivity index (χ1n) is 10.5. The first-order valence-corrected chi connectivity index (χ1v) is 10.5. The molecule has 3 rings (SSSR count). The predicted molar refractivity (Wildman–Crippen MR) is 138 cm³/mol. The Morgan fingerprint density at radius 2 is 1.91 bits per heavy atom. The van der Waals surface area contributed by atoms with Crippen LogP contribution >= 0.6 is 24.0 Å². The summed E-state index contributed by atoms with van der Waals surface area (Å²) in [6.45, 7) is 2.59. The molecule has 8 nitrogen and oxygen atoms in total. The maximum Gasteiger partial charge on any atom is 0.243 e. The molecule has 1 unspecified atom stereocenters. The molecular formula is C23H31FIN5O3. The lowest BCUT2D eigenvalue weighted by Crippen LogP contribution is -2.46. The van der Waals surface area contributed by atoms with E-state index in [1.807, 2.05) is 18.2 Å². The van der Waals surface area contributed by atoms with Gasteiger partial charge in [-0.3, -0.25) is 14.7 Å². The van der Waals surface area contributed by atoms with Crippen molar-refractivity contribution in [3.8, 4) is 11.5 Å². The molecule has 2 aromatic rings. The molecule has 10 heteroatoms. The number of rotatable bonds is 8. The van der Waals surface area contributed by atoms with Crippen LogP contribution in [0.3, 0.4) is 0 Å². The molecule has 1 amide bonds. The number of nitrogens with zero attached hydrogens (tertiary/aromatic N) is 2. The van der Waals surface area contributed by atoms with Crippen LogP contribution in [0.4, 0.5) is 10.1 Å². The Bertz CT molecular complexity index is 937. The van der Waals surface area contributed by atoms with Crippen molar-refractivity contribution in [2.75, 3.05) is 46.2 Å². The number of anilines is 1. The minimum Gasteiger partial charge on any atom is -0.497 e. The third-order valence-corrected chi connectivity index (χ3v) is 5.18. The fourth-order valence-electron chi connectivity index (χ4n) is 3.63. The van der Waals surface area contributed by atoms with Crippen LogP contribution in [0.25, 0.3) is 0 Å². The van der Waals surface area contributed by atoms with E-state index in [1.165, 1.54) is 12.1 Å². The second-order valence-electron chi connectivity index (χ2n) is 7.57. The van der Waals surface area contributed by atoms with E-state index in [0.717, 1.165) is 43.1 Å². The molecule has 1 aliphatic heterocycles. The topological polar surface area (TPSA) is 87.2 Å². The number of halogens is 2. The molecule has 1 aliphatic rings. The van der Waals surface area contributed by atoms with Gasteiger partial charge in [-0.05, 0) is 42.3 Å². The zero-order valence-corrected chi connectivity index (χ0v) is 21.4. The maximum atomic E-state index is 13.2. The summed E-state index contributed by atoms with van der Waals surface area (Å²) in [7, 11) is 4.95. The number of methoxy groups -OCH3 is 2. The van der Waals surface area contributed by atoms with E-state index in [2.05, 4.69) is 25.8 Å². The number of aliphatic imine (C=N–C) groups is 1. The molecular weight excluding hydrogens is 540 g/mol. The van der Waals surface area contributed by atoms with Crippen molar-refractivity contribution in [3.05, 3.63) is 53.8 Å². The molecule has 2 aromatic carbocycles. The lowest BCUT2D eigenvalue weighted by atomic mass is 10.2. The molecule has 180 valence electrons. The summed E-state index contributed by atoms with van der Waals surface area (Å²) in [5.74, 6) is 1.42. The average Bonchev–Trinajstić information content (AvgIpc) is 3.22. The van der Waals surface area contributed by atoms with E-state index < -0.39 is 5.82 Å². The van der Waals surface area contributed by atoms with Gasteiger partial charge in [0, 0.05) is 44.5 Å². The van der Waals surface area contributed by atoms with Crippen molar-refractivity contribution in [3.63, 3.8) is 0 Å². The highest BCUT2D eigenvalue weighted by Gasteiger charge is 2.23. The Morgan fingerprint density at radius 3 is 2.55 bits per heavy atom. The maximum absolute atomic E-state index is 13.2. The minimum absolute atomic E-state index is 0. The number of likely N-dealkylation sites (tertiary alicyclic amines) is 1. The Hall–Kier alpha value is -2.60. The number of benzene rings is 2. The van der Waals surface area contributed by atoms with Crippen LogP contribution in [0.15, 0.2) is 47.5 Å². The van der Waals surface area contributed by atoms with Gasteiger partial charge in [0.15, 0.2) is 5.96 Å². The summed E-state index contributed by atoms with van der Waals surface area (Å²) >= 11 is 0. The fraction of sp³-hybridized carbons (Fsp3) is 0.391. The van der Waals surface area contributed by atoms with E-state index >= 15 is 0 Å². The molecule has 0 saturated carbocycles. The number of carbonyl (C=O) groups excluding carboxylic acids is 1. The summed E-state index contributed by atoms with van der Waals surface area (Å²) in [6, 6.07) is 11.9. The summed E-state index contributed by atoms with van der Waals surface area (Å²) in [4.78, 5) is 18.7. The number of ether oxygens (including phenoxy) is 2. The van der Waals surface area contributed by atoms with Crippen LogP contribution in [0.2, 0.25) is 0 Å². The number of hydrogen-bond acceptors (Lipinski definition) is 5. The Balaban J connectivity index is 0.00000385. The highest BCUT2D eigenvalue weighted by molar-refractivity contribution is 14.0. The standard InChI is InChI=1S/C23H30FN5O3.HI/c1-25-23(26-13-22(30)27-18-6-4-5-17(24)11-18)28-19-7-8-29(15-19)14-16-9-20(31-2)12-21(10-16)32-3;/h4-6,9-12,19H,7-8,13-15H2,1-3H3,(H,27,30)(H2,25,26,28);1H. The number of nitrogens with one attached hydrogen (secondary N) is 3. The quantitative estimate of drug-likeness (QED) is 0.257. The van der Waals surface area contributed by atoms with Gasteiger partial charge < -0.3 is 25.4 Å². The lowest BCUT2D eigenvalue weighted by Gasteiger charge is -2.19. The highest BCUT2D eigenvalue weighted by atomic mass is 127. The normalized spacial score (nSPS) is 16.0. The zero-order valence-electron chi connectivity index (χ0n) is 19.1. The van der Waals surface area contributed by atoms with Crippen molar-refractivity contribution in [2.24, 2.45) is 4.99 Å². The van der Waals surface area contributed by atoms with Crippen molar-refractivity contribution >= 4 is 41.5 Å². The van der Waals surface area contributed by atoms with Crippen LogP contribution in [0, 0.1) is 5.82 Å². The van der Waals surface area contributed by atoms with E-state index in [9.17, 15) is 9.18 Å². The van der Waals surface area contributed by atoms with Crippen molar-refractivity contribution in [1.82, 2.24) is 15.5 Å². The third kappa shape index (κ3) is 8.35. The van der Waals surface area contributed by atoms with Crippen molar-refractivity contribution in [2.45, 2.75) is 19.0 Å². The van der Waals surface area contributed by atoms with Crippen LogP contribution in [0.1, 0.15) is 12.0 Å². The Morgan fingerprint density at radius 1 is 1.18 bits per heavy atom. The minimum atomic E-state index is -0.397. The summed E-state index contributed by atoms with van der Waals surface area (Å²) < 4.78 is 24.0. The molecule has 1 heterocycles. The van der Waals surface area contributed by atoms with Crippen LogP contribution in [-0.2, 0) is 11.3 Å². The van der Waals surface area contributed by atoms with E-state index in [0.29, 0.717) is 11.6 Å². The second-order valence-corrected chi connectivity index (χ2v) is 7.57. The van der Waals surface area contributed by atoms with Crippen molar-refractivity contribution in [1.29, 1.82) is 0 Å². The molecule has 0 bridgehead atoms. The first kappa shape index (κ1) is 26.7. The van der Waals surface area contributed by atoms with Gasteiger partial charge in [-0.2, -0.15) is 0 Å². The Labute approximate surface area is 210 Å². The van der Waals surface area contributed by atoms with Gasteiger partial charge in [0.05, 0.1) is 20.8 Å². The summed E-state index contributed by atoms with van der Waals surface area (Å²) in [6.07, 6.45) is 0.956. The second kappa shape index (κ2) is 13.2. The number of guanidine groups is 1. The SMILES string of the molecule is CN=C(NCC(=O)Nc1cccc(F)c1)NC1CCN(Cc2cc(OC)cc(OC)c2)C1.I. The fourth-order valence-corrected chi connectivity index (χ4v) is 3.63.